The van der Waals surface area contributed by atoms with Gasteiger partial charge in [0.15, 0.2) is 0 Å². The fourth-order valence-electron chi connectivity index (χ4n) is 11.4. The third-order valence-corrected chi connectivity index (χ3v) is 14.7. The summed E-state index contributed by atoms with van der Waals surface area (Å²) >= 11 is 0. The third kappa shape index (κ3) is 4.85. The maximum atomic E-state index is 4.51. The average molecular weight is 785 g/mol. The van der Waals surface area contributed by atoms with Crippen LogP contribution in [0.4, 0.5) is 34.1 Å². The van der Waals surface area contributed by atoms with Crippen molar-refractivity contribution in [1.82, 2.24) is 0 Å². The molecule has 12 rings (SSSR count). The smallest absolute Gasteiger partial charge is 0.0540 e. The zero-order chi connectivity index (χ0) is 41.6. The Hall–Kier alpha value is -6.90. The number of fused-ring (bicyclic) bond motifs is 10. The number of hydrogen-bond donors (Lipinski definition) is 0. The predicted octanol–water partition coefficient (Wildman–Crippen LogP) is 15.9. The highest BCUT2D eigenvalue weighted by atomic mass is 15.2. The maximum Gasteiger partial charge on any atom is 0.0540 e. The van der Waals surface area contributed by atoms with Crippen LogP contribution in [0.1, 0.15) is 86.1 Å². The number of anilines is 6. The molecule has 4 aliphatic rings. The van der Waals surface area contributed by atoms with Gasteiger partial charge in [0.05, 0.1) is 22.7 Å². The second-order valence-corrected chi connectivity index (χ2v) is 19.1. The van der Waals surface area contributed by atoms with Crippen LogP contribution in [0.25, 0.3) is 39.0 Å². The molecule has 0 atom stereocenters. The topological polar surface area (TPSA) is 6.48 Å². The monoisotopic (exact) mass is 784 g/mol. The van der Waals surface area contributed by atoms with Crippen molar-refractivity contribution < 1.29 is 0 Å². The van der Waals surface area contributed by atoms with Gasteiger partial charge in [-0.2, -0.15) is 0 Å². The van der Waals surface area contributed by atoms with Crippen LogP contribution >= 0.6 is 0 Å². The zero-order valence-electron chi connectivity index (χ0n) is 35.8. The van der Waals surface area contributed by atoms with Crippen molar-refractivity contribution in [1.29, 1.82) is 0 Å². The molecule has 0 saturated carbocycles. The molecule has 2 aliphatic heterocycles. The van der Waals surface area contributed by atoms with Crippen LogP contribution in [0, 0.1) is 0 Å². The Morgan fingerprint density at radius 1 is 0.311 bits per heavy atom. The molecule has 0 saturated heterocycles. The molecule has 8 aromatic rings. The van der Waals surface area contributed by atoms with Gasteiger partial charge in [-0.15, -0.1) is 0 Å². The fourth-order valence-corrected chi connectivity index (χ4v) is 11.4. The van der Waals surface area contributed by atoms with Crippen molar-refractivity contribution in [3.8, 4) is 33.4 Å². The molecule has 294 valence electrons. The van der Waals surface area contributed by atoms with Gasteiger partial charge in [0.1, 0.15) is 0 Å². The quantitative estimate of drug-likeness (QED) is 0.176. The molecule has 0 fully saturated rings. The molecular weight excluding hydrogens is 737 g/mol. The van der Waals surface area contributed by atoms with Crippen molar-refractivity contribution in [2.75, 3.05) is 9.80 Å². The van der Waals surface area contributed by atoms with E-state index in [0.717, 1.165) is 5.57 Å². The van der Waals surface area contributed by atoms with Gasteiger partial charge >= 0.3 is 0 Å². The Bertz CT molecular complexity index is 3110. The second-order valence-electron chi connectivity index (χ2n) is 19.1. The second kappa shape index (κ2) is 12.3. The summed E-state index contributed by atoms with van der Waals surface area (Å²) in [7, 11) is 0. The molecule has 0 amide bonds. The van der Waals surface area contributed by atoms with E-state index in [-0.39, 0.29) is 16.2 Å². The van der Waals surface area contributed by atoms with Gasteiger partial charge in [-0.05, 0) is 133 Å². The van der Waals surface area contributed by atoms with Gasteiger partial charge in [0.2, 0.25) is 0 Å². The van der Waals surface area contributed by atoms with Gasteiger partial charge in [0, 0.05) is 38.7 Å². The zero-order valence-corrected chi connectivity index (χ0v) is 35.8. The van der Waals surface area contributed by atoms with Gasteiger partial charge in [-0.25, -0.2) is 0 Å². The molecule has 0 spiro atoms. The highest BCUT2D eigenvalue weighted by Gasteiger charge is 2.41. The molecule has 0 N–H and O–H groups in total. The molecule has 2 heterocycles. The predicted molar refractivity (Wildman–Crippen MR) is 257 cm³/mol. The number of nitrogens with zero attached hydrogens (tertiary/aromatic N) is 2. The molecule has 2 nitrogen and oxygen atoms in total. The lowest BCUT2D eigenvalue weighted by Gasteiger charge is -2.42. The minimum Gasteiger partial charge on any atom is -0.310 e. The van der Waals surface area contributed by atoms with E-state index in [1.54, 1.807) is 0 Å². The molecule has 0 aromatic heterocycles. The Balaban J connectivity index is 0.903. The number of para-hydroxylation sites is 4. The lowest BCUT2D eigenvalue weighted by atomic mass is 9.73. The third-order valence-electron chi connectivity index (χ3n) is 14.7. The fraction of sp³-hybridized carbons (Fsp3) is 0.153. The standard InChI is InChI=1S/C59H48N2/c1-36-41-16-8-12-20-53(41)60(54-21-13-9-17-42(36)54)39-26-30-45-43-28-24-37(32-49(43)58(4,5)51(45)34-39)38-25-29-44-46-31-27-40(35-52(46)59(6,7)50(44)33-38)61-55-22-14-10-18-47(55)57(2,3)48-19-11-15-23-56(48)61/h8-35H,1H2,2-7H3. The minimum absolute atomic E-state index is 0.0892. The molecular formula is C59H48N2. The highest BCUT2D eigenvalue weighted by molar-refractivity contribution is 6.01. The van der Waals surface area contributed by atoms with Crippen LogP contribution in [0.3, 0.4) is 0 Å². The summed E-state index contributed by atoms with van der Waals surface area (Å²) in [5.74, 6) is 0. The molecule has 2 aliphatic carbocycles. The van der Waals surface area contributed by atoms with E-state index in [2.05, 4.69) is 228 Å². The normalized spacial score (nSPS) is 16.4. The molecule has 61 heavy (non-hydrogen) atoms. The van der Waals surface area contributed by atoms with Crippen molar-refractivity contribution in [3.05, 3.63) is 221 Å². The van der Waals surface area contributed by atoms with E-state index in [1.165, 1.54) is 112 Å². The SMILES string of the molecule is C=C1c2ccccc2N(c2ccc3c(c2)C(C)(C)c2cc(-c4ccc5c(c4)C(C)(C)c4cc(N6c7ccccc7C(C)(C)c7ccccc76)ccc4-5)ccc2-3)c2ccccc21. The first kappa shape index (κ1) is 36.0. The van der Waals surface area contributed by atoms with E-state index >= 15 is 0 Å². The van der Waals surface area contributed by atoms with Gasteiger partial charge < -0.3 is 9.80 Å². The summed E-state index contributed by atoms with van der Waals surface area (Å²) < 4.78 is 0. The molecule has 0 radical (unpaired) electrons. The summed E-state index contributed by atoms with van der Waals surface area (Å²) in [5, 5.41) is 0. The summed E-state index contributed by atoms with van der Waals surface area (Å²) in [6.07, 6.45) is 0. The van der Waals surface area contributed by atoms with E-state index in [9.17, 15) is 0 Å². The largest absolute Gasteiger partial charge is 0.310 e. The lowest BCUT2D eigenvalue weighted by molar-refractivity contribution is 0.631. The van der Waals surface area contributed by atoms with Crippen LogP contribution < -0.4 is 9.80 Å². The van der Waals surface area contributed by atoms with E-state index in [4.69, 9.17) is 0 Å². The Labute approximate surface area is 360 Å². The first-order valence-corrected chi connectivity index (χ1v) is 21.7. The molecule has 0 unspecified atom stereocenters. The van der Waals surface area contributed by atoms with E-state index in [1.807, 2.05) is 0 Å². The van der Waals surface area contributed by atoms with Gasteiger partial charge in [-0.1, -0.05) is 157 Å². The first-order chi connectivity index (χ1) is 29.4. The number of benzene rings is 8. The van der Waals surface area contributed by atoms with Crippen LogP contribution in [0.15, 0.2) is 176 Å². The van der Waals surface area contributed by atoms with Gasteiger partial charge in [0.25, 0.3) is 0 Å². The minimum atomic E-state index is -0.182. The molecule has 8 aromatic carbocycles. The van der Waals surface area contributed by atoms with Crippen LogP contribution in [0.2, 0.25) is 0 Å². The number of hydrogen-bond acceptors (Lipinski definition) is 2. The summed E-state index contributed by atoms with van der Waals surface area (Å²) in [4.78, 5) is 4.90. The molecule has 2 heteroatoms. The maximum absolute atomic E-state index is 4.51. The van der Waals surface area contributed by atoms with Crippen LogP contribution in [-0.2, 0) is 16.2 Å². The van der Waals surface area contributed by atoms with Crippen molar-refractivity contribution in [2.45, 2.75) is 57.8 Å². The van der Waals surface area contributed by atoms with E-state index in [0.29, 0.717) is 0 Å². The van der Waals surface area contributed by atoms with Gasteiger partial charge in [-0.3, -0.25) is 0 Å². The molecule has 0 bridgehead atoms. The summed E-state index contributed by atoms with van der Waals surface area (Å²) in [5.41, 5.74) is 26.3. The van der Waals surface area contributed by atoms with Crippen molar-refractivity contribution >= 4 is 39.7 Å². The summed E-state index contributed by atoms with van der Waals surface area (Å²) in [6.45, 7) is 18.8. The van der Waals surface area contributed by atoms with Crippen molar-refractivity contribution in [2.24, 2.45) is 0 Å². The van der Waals surface area contributed by atoms with Crippen molar-refractivity contribution in [3.63, 3.8) is 0 Å². The van der Waals surface area contributed by atoms with E-state index < -0.39 is 0 Å². The highest BCUT2D eigenvalue weighted by Crippen LogP contribution is 2.57. The number of rotatable bonds is 3. The summed E-state index contributed by atoms with van der Waals surface area (Å²) in [6, 6.07) is 63.8. The van der Waals surface area contributed by atoms with Crippen LogP contribution in [-0.4, -0.2) is 0 Å². The Morgan fingerprint density at radius 2 is 0.639 bits per heavy atom. The Kier molecular flexibility index (Phi) is 7.28. The first-order valence-electron chi connectivity index (χ1n) is 21.7. The van der Waals surface area contributed by atoms with Crippen LogP contribution in [0.5, 0.6) is 0 Å². The lowest BCUT2D eigenvalue weighted by Crippen LogP contribution is -2.30. The Morgan fingerprint density at radius 3 is 1.08 bits per heavy atom. The average Bonchev–Trinajstić information content (AvgIpc) is 3.64.